The Kier molecular flexibility index (Phi) is 4.19. The van der Waals surface area contributed by atoms with E-state index in [4.69, 9.17) is 8.94 Å². The van der Waals surface area contributed by atoms with Gasteiger partial charge in [-0.3, -0.25) is 10.1 Å². The number of carbonyl (C=O) groups excluding carboxylic acids is 1. The van der Waals surface area contributed by atoms with Crippen molar-refractivity contribution in [3.05, 3.63) is 53.7 Å². The number of hydrogen-bond acceptors (Lipinski definition) is 7. The first-order chi connectivity index (χ1) is 10.7. The van der Waals surface area contributed by atoms with Crippen LogP contribution >= 0.6 is 11.8 Å². The van der Waals surface area contributed by atoms with E-state index in [1.165, 1.54) is 6.07 Å². The first-order valence-corrected chi connectivity index (χ1v) is 7.44. The molecule has 0 radical (unpaired) electrons. The predicted molar refractivity (Wildman–Crippen MR) is 79.5 cm³/mol. The maximum Gasteiger partial charge on any atom is 0.322 e. The number of thioether (sulfide) groups is 1. The highest BCUT2D eigenvalue weighted by Gasteiger charge is 2.15. The first-order valence-electron chi connectivity index (χ1n) is 6.45. The van der Waals surface area contributed by atoms with Crippen molar-refractivity contribution in [3.63, 3.8) is 0 Å². The summed E-state index contributed by atoms with van der Waals surface area (Å²) < 4.78 is 10.2. The summed E-state index contributed by atoms with van der Waals surface area (Å²) in [6.07, 6.45) is 0. The fourth-order valence-corrected chi connectivity index (χ4v) is 2.42. The second-order valence-electron chi connectivity index (χ2n) is 4.38. The third-order valence-corrected chi connectivity index (χ3v) is 3.65. The molecule has 0 bridgehead atoms. The molecule has 0 fully saturated rings. The van der Waals surface area contributed by atoms with Crippen LogP contribution in [0, 0.1) is 6.92 Å². The van der Waals surface area contributed by atoms with Crippen LogP contribution in [0.3, 0.4) is 0 Å². The molecule has 8 heteroatoms. The van der Waals surface area contributed by atoms with E-state index in [9.17, 15) is 4.79 Å². The maximum atomic E-state index is 11.8. The van der Waals surface area contributed by atoms with Gasteiger partial charge in [0, 0.05) is 11.0 Å². The number of rotatable bonds is 5. The number of nitrogens with one attached hydrogen (secondary N) is 1. The van der Waals surface area contributed by atoms with E-state index in [1.54, 1.807) is 18.7 Å². The molecule has 112 valence electrons. The highest BCUT2D eigenvalue weighted by molar-refractivity contribution is 7.98. The molecule has 1 N–H and O–H groups in total. The van der Waals surface area contributed by atoms with E-state index < -0.39 is 5.91 Å². The summed E-state index contributed by atoms with van der Waals surface area (Å²) in [6, 6.07) is 11.4. The highest BCUT2D eigenvalue weighted by atomic mass is 32.2. The van der Waals surface area contributed by atoms with Crippen LogP contribution in [0.5, 0.6) is 0 Å². The molecule has 0 aliphatic rings. The highest BCUT2D eigenvalue weighted by Crippen LogP contribution is 2.22. The zero-order valence-corrected chi connectivity index (χ0v) is 12.5. The van der Waals surface area contributed by atoms with Crippen molar-refractivity contribution in [2.24, 2.45) is 0 Å². The van der Waals surface area contributed by atoms with Gasteiger partial charge in [0.05, 0.1) is 5.75 Å². The van der Waals surface area contributed by atoms with E-state index in [0.717, 1.165) is 4.90 Å². The molecule has 3 aromatic rings. The zero-order valence-electron chi connectivity index (χ0n) is 11.6. The Morgan fingerprint density at radius 1 is 1.27 bits per heavy atom. The van der Waals surface area contributed by atoms with Gasteiger partial charge < -0.3 is 8.94 Å². The van der Waals surface area contributed by atoms with Crippen LogP contribution in [0.2, 0.25) is 0 Å². The molecule has 0 unspecified atom stereocenters. The van der Waals surface area contributed by atoms with Crippen molar-refractivity contribution in [1.29, 1.82) is 0 Å². The fraction of sp³-hybridized carbons (Fsp3) is 0.143. The van der Waals surface area contributed by atoms with Crippen molar-refractivity contribution < 1.29 is 13.7 Å². The minimum Gasteiger partial charge on any atom is -0.407 e. The molecule has 0 spiro atoms. The lowest BCUT2D eigenvalue weighted by Crippen LogP contribution is -2.12. The van der Waals surface area contributed by atoms with Gasteiger partial charge in [-0.1, -0.05) is 28.5 Å². The molecule has 0 aliphatic heterocycles. The van der Waals surface area contributed by atoms with E-state index in [-0.39, 0.29) is 11.7 Å². The summed E-state index contributed by atoms with van der Waals surface area (Å²) in [7, 11) is 0. The molecule has 3 rings (SSSR count). The van der Waals surface area contributed by atoms with Crippen LogP contribution < -0.4 is 5.32 Å². The summed E-state index contributed by atoms with van der Waals surface area (Å²) in [6.45, 7) is 1.70. The molecule has 2 aromatic heterocycles. The van der Waals surface area contributed by atoms with Crippen molar-refractivity contribution in [1.82, 2.24) is 15.4 Å². The standard InChI is InChI=1S/C14H12N4O3S/c1-9-7-11(18-21-9)13(19)15-14-17-16-12(20-14)8-22-10-5-3-2-4-6-10/h2-7H,8H2,1H3,(H,15,17,19). The van der Waals surface area contributed by atoms with Gasteiger partial charge in [-0.15, -0.1) is 16.9 Å². The van der Waals surface area contributed by atoms with Gasteiger partial charge in [-0.2, -0.15) is 0 Å². The van der Waals surface area contributed by atoms with Crippen LogP contribution in [0.15, 0.2) is 50.2 Å². The third-order valence-electron chi connectivity index (χ3n) is 2.65. The van der Waals surface area contributed by atoms with Gasteiger partial charge in [0.15, 0.2) is 5.69 Å². The topological polar surface area (TPSA) is 94.1 Å². The average molecular weight is 316 g/mol. The lowest BCUT2D eigenvalue weighted by molar-refractivity contribution is 0.101. The lowest BCUT2D eigenvalue weighted by Gasteiger charge is -1.97. The van der Waals surface area contributed by atoms with Crippen LogP contribution in [0.4, 0.5) is 6.01 Å². The minimum absolute atomic E-state index is 0.0364. The SMILES string of the molecule is Cc1cc(C(=O)Nc2nnc(CSc3ccccc3)o2)no1. The number of carbonyl (C=O) groups is 1. The van der Waals surface area contributed by atoms with Gasteiger partial charge in [-0.25, -0.2) is 0 Å². The van der Waals surface area contributed by atoms with E-state index in [0.29, 0.717) is 17.4 Å². The third kappa shape index (κ3) is 3.53. The Hall–Kier alpha value is -2.61. The Labute approximate surface area is 130 Å². The van der Waals surface area contributed by atoms with Gasteiger partial charge in [0.2, 0.25) is 5.89 Å². The Balaban J connectivity index is 1.58. The van der Waals surface area contributed by atoms with Crippen molar-refractivity contribution in [3.8, 4) is 0 Å². The summed E-state index contributed by atoms with van der Waals surface area (Å²) in [5, 5.41) is 13.8. The monoisotopic (exact) mass is 316 g/mol. The molecule has 2 heterocycles. The molecule has 0 saturated heterocycles. The summed E-state index contributed by atoms with van der Waals surface area (Å²) in [4.78, 5) is 13.0. The summed E-state index contributed by atoms with van der Waals surface area (Å²) >= 11 is 1.57. The molecular formula is C14H12N4O3S. The molecule has 0 atom stereocenters. The van der Waals surface area contributed by atoms with E-state index in [2.05, 4.69) is 20.7 Å². The van der Waals surface area contributed by atoms with Crippen molar-refractivity contribution in [2.45, 2.75) is 17.6 Å². The quantitative estimate of drug-likeness (QED) is 0.723. The normalized spacial score (nSPS) is 10.6. The molecule has 1 amide bonds. The second kappa shape index (κ2) is 6.44. The number of anilines is 1. The average Bonchev–Trinajstić information content (AvgIpc) is 3.15. The zero-order chi connectivity index (χ0) is 15.4. The van der Waals surface area contributed by atoms with Crippen LogP contribution in [-0.2, 0) is 5.75 Å². The van der Waals surface area contributed by atoms with E-state index >= 15 is 0 Å². The number of nitrogens with zero attached hydrogens (tertiary/aromatic N) is 3. The number of benzene rings is 1. The van der Waals surface area contributed by atoms with Gasteiger partial charge in [0.25, 0.3) is 5.91 Å². The molecule has 22 heavy (non-hydrogen) atoms. The van der Waals surface area contributed by atoms with Crippen molar-refractivity contribution >= 4 is 23.7 Å². The minimum atomic E-state index is -0.456. The Morgan fingerprint density at radius 2 is 2.09 bits per heavy atom. The lowest BCUT2D eigenvalue weighted by atomic mass is 10.3. The molecule has 7 nitrogen and oxygen atoms in total. The summed E-state index contributed by atoms with van der Waals surface area (Å²) in [5.41, 5.74) is 0.163. The Bertz CT molecular complexity index is 769. The Morgan fingerprint density at radius 3 is 2.82 bits per heavy atom. The summed E-state index contributed by atoms with van der Waals surface area (Å²) in [5.74, 6) is 1.05. The predicted octanol–water partition coefficient (Wildman–Crippen LogP) is 2.91. The van der Waals surface area contributed by atoms with Gasteiger partial charge in [-0.05, 0) is 19.1 Å². The maximum absolute atomic E-state index is 11.8. The molecule has 0 aliphatic carbocycles. The number of hydrogen-bond donors (Lipinski definition) is 1. The van der Waals surface area contributed by atoms with Crippen molar-refractivity contribution in [2.75, 3.05) is 5.32 Å². The molecular weight excluding hydrogens is 304 g/mol. The smallest absolute Gasteiger partial charge is 0.322 e. The number of aryl methyl sites for hydroxylation is 1. The fourth-order valence-electron chi connectivity index (χ4n) is 1.66. The largest absolute Gasteiger partial charge is 0.407 e. The van der Waals surface area contributed by atoms with Crippen LogP contribution in [0.25, 0.3) is 0 Å². The van der Waals surface area contributed by atoms with E-state index in [1.807, 2.05) is 30.3 Å². The van der Waals surface area contributed by atoms with Gasteiger partial charge >= 0.3 is 6.01 Å². The molecule has 0 saturated carbocycles. The second-order valence-corrected chi connectivity index (χ2v) is 5.43. The van der Waals surface area contributed by atoms with Crippen LogP contribution in [-0.4, -0.2) is 21.3 Å². The van der Waals surface area contributed by atoms with Gasteiger partial charge in [0.1, 0.15) is 5.76 Å². The number of amides is 1. The first kappa shape index (κ1) is 14.3. The van der Waals surface area contributed by atoms with Crippen LogP contribution in [0.1, 0.15) is 22.1 Å². The number of aromatic nitrogens is 3. The molecule has 1 aromatic carbocycles.